The maximum Gasteiger partial charge on any atom is 0.244 e. The van der Waals surface area contributed by atoms with Crippen molar-refractivity contribution < 1.29 is 4.79 Å². The number of nitriles is 1. The van der Waals surface area contributed by atoms with Crippen molar-refractivity contribution in [2.24, 2.45) is 0 Å². The van der Waals surface area contributed by atoms with Gasteiger partial charge in [0.25, 0.3) is 0 Å². The van der Waals surface area contributed by atoms with Crippen molar-refractivity contribution in [1.29, 1.82) is 5.26 Å². The summed E-state index contributed by atoms with van der Waals surface area (Å²) in [5.74, 6) is -0.710. The molecule has 110 valence electrons. The molecular formula is C17H21N3O. The molecule has 2 aliphatic rings. The van der Waals surface area contributed by atoms with E-state index in [0.29, 0.717) is 12.1 Å². The molecule has 0 aromatic heterocycles. The minimum Gasteiger partial charge on any atom is -0.340 e. The van der Waals surface area contributed by atoms with Crippen LogP contribution in [0.15, 0.2) is 30.3 Å². The first-order valence-corrected chi connectivity index (χ1v) is 7.66. The Morgan fingerprint density at radius 2 is 1.95 bits per heavy atom. The van der Waals surface area contributed by atoms with Crippen LogP contribution in [0.3, 0.4) is 0 Å². The van der Waals surface area contributed by atoms with Crippen LogP contribution in [0, 0.1) is 11.3 Å². The molecule has 4 nitrogen and oxygen atoms in total. The number of likely N-dealkylation sites (tertiary alicyclic amines) is 1. The number of fused-ring (bicyclic) bond motifs is 2. The molecule has 2 saturated heterocycles. The number of nitrogens with zero attached hydrogens (tertiary/aromatic N) is 3. The van der Waals surface area contributed by atoms with Crippen LogP contribution in [0.2, 0.25) is 0 Å². The third-order valence-corrected chi connectivity index (χ3v) is 4.97. The van der Waals surface area contributed by atoms with Gasteiger partial charge in [0.05, 0.1) is 6.07 Å². The van der Waals surface area contributed by atoms with E-state index in [-0.39, 0.29) is 5.91 Å². The smallest absolute Gasteiger partial charge is 0.244 e. The first kappa shape index (κ1) is 14.1. The number of benzene rings is 1. The predicted octanol–water partition coefficient (Wildman–Crippen LogP) is 1.99. The highest BCUT2D eigenvalue weighted by molar-refractivity contribution is 5.86. The highest BCUT2D eigenvalue weighted by atomic mass is 16.2. The molecule has 0 aliphatic carbocycles. The van der Waals surface area contributed by atoms with Crippen LogP contribution in [0.5, 0.6) is 0 Å². The van der Waals surface area contributed by atoms with Crippen molar-refractivity contribution in [2.45, 2.75) is 37.3 Å². The van der Waals surface area contributed by atoms with Gasteiger partial charge in [-0.05, 0) is 31.9 Å². The number of amides is 1. The van der Waals surface area contributed by atoms with E-state index in [2.05, 4.69) is 18.0 Å². The summed E-state index contributed by atoms with van der Waals surface area (Å²) in [6.45, 7) is 1.53. The summed E-state index contributed by atoms with van der Waals surface area (Å²) < 4.78 is 0. The lowest BCUT2D eigenvalue weighted by Gasteiger charge is -2.27. The highest BCUT2D eigenvalue weighted by Gasteiger charge is 2.37. The molecule has 3 rings (SSSR count). The van der Waals surface area contributed by atoms with E-state index in [4.69, 9.17) is 0 Å². The lowest BCUT2D eigenvalue weighted by molar-refractivity contribution is -0.131. The van der Waals surface area contributed by atoms with Gasteiger partial charge < -0.3 is 4.90 Å². The summed E-state index contributed by atoms with van der Waals surface area (Å²) in [5, 5.41) is 9.43. The summed E-state index contributed by atoms with van der Waals surface area (Å²) in [6.07, 6.45) is 3.42. The summed E-state index contributed by atoms with van der Waals surface area (Å²) in [5.41, 5.74) is 0.799. The van der Waals surface area contributed by atoms with Gasteiger partial charge in [0.1, 0.15) is 5.92 Å². The van der Waals surface area contributed by atoms with Crippen LogP contribution in [0.25, 0.3) is 0 Å². The minimum atomic E-state index is -0.673. The van der Waals surface area contributed by atoms with Crippen molar-refractivity contribution in [2.75, 3.05) is 20.1 Å². The molecule has 3 unspecified atom stereocenters. The Morgan fingerprint density at radius 3 is 2.67 bits per heavy atom. The molecule has 4 heteroatoms. The van der Waals surface area contributed by atoms with Gasteiger partial charge in [-0.25, -0.2) is 0 Å². The number of carbonyl (C=O) groups excluding carboxylic acids is 1. The van der Waals surface area contributed by atoms with Crippen LogP contribution in [-0.4, -0.2) is 47.9 Å². The van der Waals surface area contributed by atoms with Crippen LogP contribution in [0.4, 0.5) is 0 Å². The van der Waals surface area contributed by atoms with E-state index in [0.717, 1.165) is 31.5 Å². The van der Waals surface area contributed by atoms with Gasteiger partial charge in [0.15, 0.2) is 0 Å². The zero-order valence-corrected chi connectivity index (χ0v) is 12.4. The van der Waals surface area contributed by atoms with E-state index in [1.54, 1.807) is 0 Å². The lowest BCUT2D eigenvalue weighted by Crippen LogP contribution is -2.41. The van der Waals surface area contributed by atoms with Crippen LogP contribution < -0.4 is 0 Å². The second kappa shape index (κ2) is 5.87. The fraction of sp³-hybridized carbons (Fsp3) is 0.529. The molecule has 0 radical (unpaired) electrons. The van der Waals surface area contributed by atoms with E-state index in [1.807, 2.05) is 35.2 Å². The standard InChI is InChI=1S/C17H21N3O/c1-19-14-7-8-15(19)12-20(10-9-14)17(21)16(11-18)13-5-3-2-4-6-13/h2-6,14-16H,7-10,12H2,1H3. The Hall–Kier alpha value is -1.86. The van der Waals surface area contributed by atoms with Crippen molar-refractivity contribution in [1.82, 2.24) is 9.80 Å². The van der Waals surface area contributed by atoms with E-state index < -0.39 is 5.92 Å². The summed E-state index contributed by atoms with van der Waals surface area (Å²) in [4.78, 5) is 17.1. The lowest BCUT2D eigenvalue weighted by atomic mass is 9.98. The first-order valence-electron chi connectivity index (χ1n) is 7.66. The molecule has 1 amide bonds. The highest BCUT2D eigenvalue weighted by Crippen LogP contribution is 2.30. The van der Waals surface area contributed by atoms with Gasteiger partial charge in [0.2, 0.25) is 5.91 Å². The number of hydrogen-bond acceptors (Lipinski definition) is 3. The van der Waals surface area contributed by atoms with E-state index in [1.165, 1.54) is 6.42 Å². The zero-order chi connectivity index (χ0) is 14.8. The van der Waals surface area contributed by atoms with Crippen LogP contribution >= 0.6 is 0 Å². The molecule has 3 atom stereocenters. The Balaban J connectivity index is 1.77. The van der Waals surface area contributed by atoms with E-state index in [9.17, 15) is 10.1 Å². The van der Waals surface area contributed by atoms with Crippen LogP contribution in [-0.2, 0) is 4.79 Å². The SMILES string of the molecule is CN1C2CCC1CN(C(=O)C(C#N)c1ccccc1)CC2. The number of rotatable bonds is 2. The molecule has 1 aromatic carbocycles. The Bertz CT molecular complexity index is 551. The average molecular weight is 283 g/mol. The maximum absolute atomic E-state index is 12.8. The number of likely N-dealkylation sites (N-methyl/N-ethyl adjacent to an activating group) is 1. The first-order chi connectivity index (χ1) is 10.2. The quantitative estimate of drug-likeness (QED) is 0.834. The monoisotopic (exact) mass is 283 g/mol. The molecule has 2 bridgehead atoms. The molecule has 1 aromatic rings. The fourth-order valence-corrected chi connectivity index (χ4v) is 3.61. The summed E-state index contributed by atoms with van der Waals surface area (Å²) >= 11 is 0. The van der Waals surface area contributed by atoms with Gasteiger partial charge >= 0.3 is 0 Å². The number of carbonyl (C=O) groups is 1. The zero-order valence-electron chi connectivity index (χ0n) is 12.4. The van der Waals surface area contributed by atoms with Crippen molar-refractivity contribution in [3.63, 3.8) is 0 Å². The summed E-state index contributed by atoms with van der Waals surface area (Å²) in [6, 6.07) is 12.6. The largest absolute Gasteiger partial charge is 0.340 e. The second-order valence-electron chi connectivity index (χ2n) is 6.10. The molecule has 2 fully saturated rings. The Labute approximate surface area is 126 Å². The van der Waals surface area contributed by atoms with Gasteiger partial charge in [0, 0.05) is 25.2 Å². The average Bonchev–Trinajstić information content (AvgIpc) is 2.74. The summed E-state index contributed by atoms with van der Waals surface area (Å²) in [7, 11) is 2.16. The van der Waals surface area contributed by atoms with E-state index >= 15 is 0 Å². The molecule has 0 saturated carbocycles. The van der Waals surface area contributed by atoms with Gasteiger partial charge in [-0.15, -0.1) is 0 Å². The minimum absolute atomic E-state index is 0.0374. The van der Waals surface area contributed by atoms with Gasteiger partial charge in [-0.2, -0.15) is 5.26 Å². The molecule has 0 N–H and O–H groups in total. The molecule has 2 heterocycles. The van der Waals surface area contributed by atoms with Gasteiger partial charge in [-0.3, -0.25) is 9.69 Å². The second-order valence-corrected chi connectivity index (χ2v) is 6.10. The van der Waals surface area contributed by atoms with Crippen molar-refractivity contribution in [3.05, 3.63) is 35.9 Å². The Kier molecular flexibility index (Phi) is 3.94. The third kappa shape index (κ3) is 2.66. The Morgan fingerprint density at radius 1 is 1.24 bits per heavy atom. The van der Waals surface area contributed by atoms with Gasteiger partial charge in [-0.1, -0.05) is 30.3 Å². The van der Waals surface area contributed by atoms with Crippen molar-refractivity contribution in [3.8, 4) is 6.07 Å². The molecular weight excluding hydrogens is 262 g/mol. The topological polar surface area (TPSA) is 47.3 Å². The number of hydrogen-bond donors (Lipinski definition) is 0. The van der Waals surface area contributed by atoms with Crippen molar-refractivity contribution >= 4 is 5.91 Å². The fourth-order valence-electron chi connectivity index (χ4n) is 3.61. The normalized spacial score (nSPS) is 27.0. The van der Waals surface area contributed by atoms with Crippen LogP contribution in [0.1, 0.15) is 30.7 Å². The molecule has 21 heavy (non-hydrogen) atoms. The molecule has 0 spiro atoms. The third-order valence-electron chi connectivity index (χ3n) is 4.97. The predicted molar refractivity (Wildman–Crippen MR) is 80.6 cm³/mol. The maximum atomic E-state index is 12.8. The molecule has 2 aliphatic heterocycles.